The van der Waals surface area contributed by atoms with Gasteiger partial charge in [-0.2, -0.15) is 0 Å². The molecule has 0 bridgehead atoms. The molecule has 0 aliphatic heterocycles. The summed E-state index contributed by atoms with van der Waals surface area (Å²) >= 11 is 0. The largest absolute Gasteiger partial charge is 0.330 e. The first-order chi connectivity index (χ1) is 8.42. The number of imidazole rings is 1. The van der Waals surface area contributed by atoms with Gasteiger partial charge >= 0.3 is 0 Å². The summed E-state index contributed by atoms with van der Waals surface area (Å²) in [5.74, 6) is 1.36. The summed E-state index contributed by atoms with van der Waals surface area (Å²) in [6, 6.07) is 1.95. The molecule has 1 atom stereocenters. The van der Waals surface area contributed by atoms with Crippen LogP contribution in [0.15, 0.2) is 18.5 Å². The molecular formula is C14H22N4. The summed E-state index contributed by atoms with van der Waals surface area (Å²) in [7, 11) is 2.04. The fourth-order valence-corrected chi connectivity index (χ4v) is 2.44. The Hall–Kier alpha value is -1.42. The normalized spacial score (nSPS) is 14.1. The topological polar surface area (TPSA) is 56.7 Å². The molecule has 4 heteroatoms. The third-order valence-electron chi connectivity index (χ3n) is 3.23. The minimum Gasteiger partial charge on any atom is -0.330 e. The third-order valence-corrected chi connectivity index (χ3v) is 3.23. The highest BCUT2D eigenvalue weighted by Crippen LogP contribution is 2.31. The lowest BCUT2D eigenvalue weighted by Gasteiger charge is -2.24. The van der Waals surface area contributed by atoms with Crippen molar-refractivity contribution in [2.24, 2.45) is 18.2 Å². The molecular weight excluding hydrogens is 224 g/mol. The molecule has 2 heterocycles. The van der Waals surface area contributed by atoms with Gasteiger partial charge in [-0.15, -0.1) is 0 Å². The van der Waals surface area contributed by atoms with Crippen LogP contribution in [0.1, 0.15) is 38.9 Å². The van der Waals surface area contributed by atoms with Gasteiger partial charge in [-0.3, -0.25) is 4.98 Å². The van der Waals surface area contributed by atoms with Crippen molar-refractivity contribution >= 4 is 11.0 Å². The smallest absolute Gasteiger partial charge is 0.114 e. The van der Waals surface area contributed by atoms with Crippen LogP contribution in [0.2, 0.25) is 0 Å². The van der Waals surface area contributed by atoms with Gasteiger partial charge in [0, 0.05) is 25.7 Å². The van der Waals surface area contributed by atoms with Crippen LogP contribution in [0.4, 0.5) is 0 Å². The second kappa shape index (κ2) is 4.69. The molecule has 18 heavy (non-hydrogen) atoms. The van der Waals surface area contributed by atoms with Crippen LogP contribution in [0, 0.1) is 5.41 Å². The van der Waals surface area contributed by atoms with E-state index in [4.69, 9.17) is 10.7 Å². The average Bonchev–Trinajstić information content (AvgIpc) is 2.63. The van der Waals surface area contributed by atoms with E-state index in [9.17, 15) is 0 Å². The Labute approximate surface area is 108 Å². The van der Waals surface area contributed by atoms with E-state index in [1.807, 2.05) is 19.3 Å². The van der Waals surface area contributed by atoms with E-state index < -0.39 is 0 Å². The Kier molecular flexibility index (Phi) is 3.39. The maximum atomic E-state index is 5.93. The van der Waals surface area contributed by atoms with Crippen molar-refractivity contribution in [3.63, 3.8) is 0 Å². The van der Waals surface area contributed by atoms with Gasteiger partial charge in [-0.25, -0.2) is 4.98 Å². The fraction of sp³-hybridized carbons (Fsp3) is 0.571. The summed E-state index contributed by atoms with van der Waals surface area (Å²) in [5.41, 5.74) is 8.25. The summed E-state index contributed by atoms with van der Waals surface area (Å²) in [4.78, 5) is 8.87. The molecule has 2 aromatic rings. The molecule has 0 saturated carbocycles. The molecule has 1 unspecified atom stereocenters. The summed E-state index contributed by atoms with van der Waals surface area (Å²) in [6.45, 7) is 7.33. The van der Waals surface area contributed by atoms with Gasteiger partial charge in [0.1, 0.15) is 5.82 Å². The standard InChI is InChI=1S/C14H22N4/c1-14(2,3)7-10(8-15)13-17-11-5-6-16-9-12(11)18(13)4/h5-6,9-10H,7-8,15H2,1-4H3. The highest BCUT2D eigenvalue weighted by atomic mass is 15.1. The minimum absolute atomic E-state index is 0.250. The molecule has 0 saturated heterocycles. The van der Waals surface area contributed by atoms with E-state index >= 15 is 0 Å². The van der Waals surface area contributed by atoms with Crippen molar-refractivity contribution in [1.82, 2.24) is 14.5 Å². The predicted octanol–water partition coefficient (Wildman–Crippen LogP) is 2.45. The summed E-state index contributed by atoms with van der Waals surface area (Å²) < 4.78 is 2.12. The molecule has 98 valence electrons. The summed E-state index contributed by atoms with van der Waals surface area (Å²) in [6.07, 6.45) is 4.67. The molecule has 4 nitrogen and oxygen atoms in total. The molecule has 0 aliphatic carbocycles. The summed E-state index contributed by atoms with van der Waals surface area (Å²) in [5, 5.41) is 0. The number of hydrogen-bond acceptors (Lipinski definition) is 3. The van der Waals surface area contributed by atoms with Crippen LogP contribution in [0.3, 0.4) is 0 Å². The van der Waals surface area contributed by atoms with Crippen molar-refractivity contribution in [1.29, 1.82) is 0 Å². The number of pyridine rings is 1. The second-order valence-corrected chi connectivity index (χ2v) is 6.09. The fourth-order valence-electron chi connectivity index (χ4n) is 2.44. The van der Waals surface area contributed by atoms with Gasteiger partial charge < -0.3 is 10.3 Å². The minimum atomic E-state index is 0.250. The SMILES string of the molecule is Cn1c(C(CN)CC(C)(C)C)nc2ccncc21. The Morgan fingerprint density at radius 1 is 1.39 bits per heavy atom. The van der Waals surface area contributed by atoms with Crippen molar-refractivity contribution in [2.45, 2.75) is 33.1 Å². The zero-order valence-electron chi connectivity index (χ0n) is 11.6. The van der Waals surface area contributed by atoms with E-state index in [1.165, 1.54) is 0 Å². The predicted molar refractivity (Wildman–Crippen MR) is 74.4 cm³/mol. The average molecular weight is 246 g/mol. The van der Waals surface area contributed by atoms with Gasteiger partial charge in [-0.05, 0) is 17.9 Å². The zero-order valence-corrected chi connectivity index (χ0v) is 11.6. The van der Waals surface area contributed by atoms with Crippen LogP contribution < -0.4 is 5.73 Å². The van der Waals surface area contributed by atoms with Crippen molar-refractivity contribution < 1.29 is 0 Å². The highest BCUT2D eigenvalue weighted by Gasteiger charge is 2.23. The van der Waals surface area contributed by atoms with Gasteiger partial charge in [0.05, 0.1) is 17.2 Å². The Balaban J connectivity index is 2.42. The highest BCUT2D eigenvalue weighted by molar-refractivity contribution is 5.74. The van der Waals surface area contributed by atoms with Crippen LogP contribution in [-0.2, 0) is 7.05 Å². The van der Waals surface area contributed by atoms with Gasteiger partial charge in [-0.1, -0.05) is 20.8 Å². The Morgan fingerprint density at radius 3 is 2.67 bits per heavy atom. The van der Waals surface area contributed by atoms with Gasteiger partial charge in [0.25, 0.3) is 0 Å². The molecule has 0 aliphatic rings. The van der Waals surface area contributed by atoms with Crippen LogP contribution in [0.25, 0.3) is 11.0 Å². The lowest BCUT2D eigenvalue weighted by atomic mass is 9.84. The Bertz CT molecular complexity index is 536. The van der Waals surface area contributed by atoms with E-state index in [0.717, 1.165) is 23.3 Å². The molecule has 0 amide bonds. The maximum Gasteiger partial charge on any atom is 0.114 e. The maximum absolute atomic E-state index is 5.93. The Morgan fingerprint density at radius 2 is 2.11 bits per heavy atom. The van der Waals surface area contributed by atoms with Gasteiger partial charge in [0.2, 0.25) is 0 Å². The molecule has 2 N–H and O–H groups in total. The van der Waals surface area contributed by atoms with Crippen molar-refractivity contribution in [3.8, 4) is 0 Å². The van der Waals surface area contributed by atoms with E-state index in [0.29, 0.717) is 12.5 Å². The first kappa shape index (κ1) is 13.0. The molecule has 2 aromatic heterocycles. The van der Waals surface area contributed by atoms with E-state index in [1.54, 1.807) is 6.20 Å². The van der Waals surface area contributed by atoms with Crippen molar-refractivity contribution in [2.75, 3.05) is 6.54 Å². The van der Waals surface area contributed by atoms with Gasteiger partial charge in [0.15, 0.2) is 0 Å². The number of nitrogens with zero attached hydrogens (tertiary/aromatic N) is 3. The monoisotopic (exact) mass is 246 g/mol. The number of rotatable bonds is 3. The van der Waals surface area contributed by atoms with Crippen LogP contribution in [-0.4, -0.2) is 21.1 Å². The third kappa shape index (κ3) is 2.53. The number of fused-ring (bicyclic) bond motifs is 1. The number of hydrogen-bond donors (Lipinski definition) is 1. The van der Waals surface area contributed by atoms with Crippen molar-refractivity contribution in [3.05, 3.63) is 24.3 Å². The number of nitrogens with two attached hydrogens (primary N) is 1. The molecule has 2 rings (SSSR count). The van der Waals surface area contributed by atoms with Crippen LogP contribution in [0.5, 0.6) is 0 Å². The molecule has 0 spiro atoms. The van der Waals surface area contributed by atoms with E-state index in [-0.39, 0.29) is 5.41 Å². The number of aromatic nitrogens is 3. The lowest BCUT2D eigenvalue weighted by molar-refractivity contribution is 0.333. The zero-order chi connectivity index (χ0) is 13.3. The van der Waals surface area contributed by atoms with Crippen LogP contribution >= 0.6 is 0 Å². The second-order valence-electron chi connectivity index (χ2n) is 6.09. The first-order valence-electron chi connectivity index (χ1n) is 6.39. The molecule has 0 fully saturated rings. The first-order valence-corrected chi connectivity index (χ1v) is 6.39. The molecule has 0 aromatic carbocycles. The molecule has 0 radical (unpaired) electrons. The quantitative estimate of drug-likeness (QED) is 0.905. The lowest BCUT2D eigenvalue weighted by Crippen LogP contribution is -2.22. The van der Waals surface area contributed by atoms with E-state index in [2.05, 4.69) is 30.3 Å². The number of aryl methyl sites for hydroxylation is 1.